The zero-order chi connectivity index (χ0) is 60.7. The number of rotatable bonds is 17. The number of benzene rings is 5. The molecular formula is C63H80Cl5FN7O9+. The van der Waals surface area contributed by atoms with E-state index in [-0.39, 0.29) is 47.9 Å². The van der Waals surface area contributed by atoms with E-state index in [1.807, 2.05) is 31.1 Å². The number of carboxylic acids is 1. The number of hydrogen-bond donors (Lipinski definition) is 4. The zero-order valence-corrected chi connectivity index (χ0v) is 52.2. The highest BCUT2D eigenvalue weighted by atomic mass is 35.5. The van der Waals surface area contributed by atoms with Gasteiger partial charge in [-0.25, -0.2) is 9.18 Å². The van der Waals surface area contributed by atoms with Crippen molar-refractivity contribution in [3.05, 3.63) is 164 Å². The number of aliphatic hydroxyl groups excluding tert-OH is 1. The number of hydrogen-bond acceptors (Lipinski definition) is 13. The van der Waals surface area contributed by atoms with Crippen LogP contribution in [0.25, 0.3) is 0 Å². The number of halogens is 6. The number of carboxylic acid groups (broad SMARTS) is 1. The molecule has 0 amide bonds. The number of aryl methyl sites for hydroxylation is 2. The van der Waals surface area contributed by atoms with Crippen molar-refractivity contribution in [3.8, 4) is 29.7 Å². The lowest BCUT2D eigenvalue weighted by molar-refractivity contribution is -0.912. The van der Waals surface area contributed by atoms with Crippen LogP contribution in [0.4, 0.5) is 4.39 Å². The molecule has 4 aliphatic rings. The van der Waals surface area contributed by atoms with Crippen molar-refractivity contribution >= 4 is 52.4 Å². The Balaban J connectivity index is 0.000000282. The van der Waals surface area contributed by atoms with Crippen molar-refractivity contribution in [1.29, 1.82) is 15.8 Å². The Labute approximate surface area is 527 Å². The quantitative estimate of drug-likeness (QED) is 0.0731. The van der Waals surface area contributed by atoms with Crippen LogP contribution in [0.2, 0.25) is 15.1 Å². The maximum Gasteiger partial charge on any atom is 0.334 e. The Morgan fingerprint density at radius 2 is 1.16 bits per heavy atom. The van der Waals surface area contributed by atoms with Gasteiger partial charge in [0.25, 0.3) is 0 Å². The Morgan fingerprint density at radius 1 is 0.659 bits per heavy atom. The van der Waals surface area contributed by atoms with Gasteiger partial charge in [-0.05, 0) is 100 Å². The molecule has 0 aromatic heterocycles. The number of alkyl halides is 1. The molecule has 5 atom stereocenters. The van der Waals surface area contributed by atoms with E-state index in [0.29, 0.717) is 59.0 Å². The number of nitriles is 3. The molecule has 22 heteroatoms. The molecule has 0 aliphatic carbocycles. The third-order valence-electron chi connectivity index (χ3n) is 13.4. The summed E-state index contributed by atoms with van der Waals surface area (Å²) < 4.78 is 45.5. The standard InChI is InChI=1S/C22H25ClN2O2.C12H13ClN2O2.C10H13Cl.C7H3ClFN.C6H11NO3.C6H13NO2.ClH/c23-21-10-6-11-22(20(21)15-24)27-17-19-16-25(13-14-26-19)12-5-4-9-18-7-2-1-3-8-18;13-11-2-1-3-12(10(11)6-14)17-8-9-7-15-4-5-16-9;11-9-5-4-8-10-6-2-1-3-7-10;8-6-2-1-3-7(9)5(6)4-10;1-7-2-3-10-5(4-7)6(8)9;1-7-2-3-9-6(4-7)5-8;/h1-3,6-8,10-11,19H,4-5,9,12-14,16-17H2;1-3,9,15H,4-5,7-8H2;1-3,6-7H,4-5,8-9H2;1-3H;5H,2-4H2,1H3,(H,8,9);6,8H,2-5H2,1H3;1H/p+1. The summed E-state index contributed by atoms with van der Waals surface area (Å²) in [4.78, 5) is 16.0. The summed E-state index contributed by atoms with van der Waals surface area (Å²) in [5.41, 5.74) is 3.51. The van der Waals surface area contributed by atoms with Crippen LogP contribution in [0.3, 0.4) is 0 Å². The number of carbonyl (C=O) groups is 1. The molecule has 85 heavy (non-hydrogen) atoms. The third-order valence-corrected chi connectivity index (χ3v) is 14.6. The van der Waals surface area contributed by atoms with Crippen molar-refractivity contribution in [2.75, 3.05) is 125 Å². The molecule has 4 aliphatic heterocycles. The molecule has 16 nitrogen and oxygen atoms in total. The fourth-order valence-electron chi connectivity index (χ4n) is 8.75. The zero-order valence-electron chi connectivity index (χ0n) is 48.4. The summed E-state index contributed by atoms with van der Waals surface area (Å²) in [7, 11) is 3.92. The lowest BCUT2D eigenvalue weighted by atomic mass is 10.1. The molecule has 5 aromatic rings. The molecule has 4 saturated heterocycles. The lowest BCUT2D eigenvalue weighted by Gasteiger charge is -2.30. The first kappa shape index (κ1) is 73.9. The van der Waals surface area contributed by atoms with Crippen LogP contribution in [0.15, 0.2) is 115 Å². The highest BCUT2D eigenvalue weighted by Gasteiger charge is 2.26. The topological polar surface area (TPSA) is 212 Å². The summed E-state index contributed by atoms with van der Waals surface area (Å²) in [5.74, 6) is 0.395. The smallest absolute Gasteiger partial charge is 0.334 e. The molecule has 0 radical (unpaired) electrons. The highest BCUT2D eigenvalue weighted by molar-refractivity contribution is 6.32. The summed E-state index contributed by atoms with van der Waals surface area (Å²) >= 11 is 23.0. The van der Waals surface area contributed by atoms with Gasteiger partial charge in [0.2, 0.25) is 0 Å². The average Bonchev–Trinajstić information content (AvgIpc) is 3.55. The van der Waals surface area contributed by atoms with Crippen LogP contribution in [-0.2, 0) is 36.6 Å². The van der Waals surface area contributed by atoms with Crippen LogP contribution in [0.1, 0.15) is 53.5 Å². The van der Waals surface area contributed by atoms with E-state index in [2.05, 4.69) is 70.9 Å². The first-order chi connectivity index (χ1) is 40.8. The van der Waals surface area contributed by atoms with E-state index in [9.17, 15) is 14.4 Å². The first-order valence-electron chi connectivity index (χ1n) is 28.2. The molecule has 0 spiro atoms. The molecule has 9 rings (SSSR count). The van der Waals surface area contributed by atoms with Gasteiger partial charge in [-0.2, -0.15) is 15.8 Å². The van der Waals surface area contributed by atoms with Crippen molar-refractivity contribution in [3.63, 3.8) is 0 Å². The van der Waals surface area contributed by atoms with Crippen molar-refractivity contribution in [2.45, 2.75) is 62.9 Å². The average molecular weight is 1280 g/mol. The van der Waals surface area contributed by atoms with Gasteiger partial charge in [0.1, 0.15) is 97.3 Å². The predicted octanol–water partition coefficient (Wildman–Crippen LogP) is 4.76. The molecule has 462 valence electrons. The van der Waals surface area contributed by atoms with Crippen LogP contribution in [0.5, 0.6) is 11.5 Å². The number of ether oxygens (including phenoxy) is 6. The SMILES string of the molecule is CN1CCOC(C(=O)O)C1.CN1CCOC(CO)C1.ClCCCCc1ccccc1.N#Cc1c(Cl)cccc1OCC1C[NH+](CCCCc2ccccc2)CCO1.N#Cc1c(Cl)cccc1OCC1C[NH2+]CCO1.N#Cc1c(F)cccc1Cl.[Cl-]. The maximum absolute atomic E-state index is 12.5. The fourth-order valence-corrected chi connectivity index (χ4v) is 9.56. The number of nitrogens with one attached hydrogen (secondary N) is 1. The second kappa shape index (κ2) is 44.1. The molecular weight excluding hydrogens is 1190 g/mol. The minimum atomic E-state index is -0.869. The number of quaternary nitrogens is 2. The first-order valence-corrected chi connectivity index (χ1v) is 29.9. The summed E-state index contributed by atoms with van der Waals surface area (Å²) in [5, 5.41) is 46.9. The Hall–Kier alpha value is -5.34. The number of aliphatic hydroxyl groups is 1. The number of likely N-dealkylation sites (N-methyl/N-ethyl adjacent to an activating group) is 2. The van der Waals surface area contributed by atoms with E-state index < -0.39 is 17.9 Å². The Morgan fingerprint density at radius 3 is 1.62 bits per heavy atom. The van der Waals surface area contributed by atoms with Gasteiger partial charge in [0, 0.05) is 32.1 Å². The van der Waals surface area contributed by atoms with Crippen molar-refractivity contribution in [1.82, 2.24) is 9.80 Å². The molecule has 4 heterocycles. The second-order valence-electron chi connectivity index (χ2n) is 20.0. The van der Waals surface area contributed by atoms with Gasteiger partial charge in [0.05, 0.1) is 67.3 Å². The van der Waals surface area contributed by atoms with Gasteiger partial charge >= 0.3 is 5.97 Å². The molecule has 0 bridgehead atoms. The van der Waals surface area contributed by atoms with Crippen LogP contribution in [-0.4, -0.2) is 176 Å². The minimum absolute atomic E-state index is 0. The number of morpholine rings is 4. The van der Waals surface area contributed by atoms with Gasteiger partial charge < -0.3 is 71.1 Å². The maximum atomic E-state index is 12.5. The van der Waals surface area contributed by atoms with E-state index in [1.165, 1.54) is 48.6 Å². The van der Waals surface area contributed by atoms with E-state index in [1.54, 1.807) is 47.4 Å². The normalized spacial score (nSPS) is 19.0. The van der Waals surface area contributed by atoms with Crippen LogP contribution < -0.4 is 32.1 Å². The van der Waals surface area contributed by atoms with Gasteiger partial charge in [0.15, 0.2) is 6.10 Å². The van der Waals surface area contributed by atoms with Crippen molar-refractivity contribution in [2.24, 2.45) is 0 Å². The summed E-state index contributed by atoms with van der Waals surface area (Å²) in [6, 6.07) is 41.6. The third kappa shape index (κ3) is 29.7. The summed E-state index contributed by atoms with van der Waals surface area (Å²) in [6.45, 7) is 12.0. The van der Waals surface area contributed by atoms with Gasteiger partial charge in [-0.3, -0.25) is 0 Å². The molecule has 5 unspecified atom stereocenters. The molecule has 0 saturated carbocycles. The Bertz CT molecular complexity index is 2760. The van der Waals surface area contributed by atoms with Crippen LogP contribution in [0, 0.1) is 39.8 Å². The van der Waals surface area contributed by atoms with Crippen LogP contribution >= 0.6 is 46.4 Å². The lowest BCUT2D eigenvalue weighted by Crippen LogP contribution is -3.15. The predicted molar refractivity (Wildman–Crippen MR) is 325 cm³/mol. The highest BCUT2D eigenvalue weighted by Crippen LogP contribution is 2.27. The van der Waals surface area contributed by atoms with Crippen molar-refractivity contribution < 1.29 is 70.4 Å². The minimum Gasteiger partial charge on any atom is -1.00 e. The fraction of sp³-hybridized carbons (Fsp3) is 0.460. The molecule has 4 fully saturated rings. The van der Waals surface area contributed by atoms with Gasteiger partial charge in [-0.1, -0.05) is 114 Å². The summed E-state index contributed by atoms with van der Waals surface area (Å²) in [6.07, 6.45) is 6.60. The van der Waals surface area contributed by atoms with Gasteiger partial charge in [-0.15, -0.1) is 11.6 Å². The molecule has 5 aromatic carbocycles. The number of unbranched alkanes of at least 4 members (excludes halogenated alkanes) is 2. The van der Waals surface area contributed by atoms with E-state index >= 15 is 0 Å². The number of aliphatic carboxylic acids is 1. The van der Waals surface area contributed by atoms with E-state index in [4.69, 9.17) is 95.6 Å². The Kier molecular flexibility index (Phi) is 38.4. The van der Waals surface area contributed by atoms with E-state index in [0.717, 1.165) is 97.3 Å². The number of nitrogens with two attached hydrogens (primary N) is 1. The largest absolute Gasteiger partial charge is 1.00 e. The molecule has 5 N–H and O–H groups in total. The monoisotopic (exact) mass is 1270 g/mol. The second-order valence-corrected chi connectivity index (χ2v) is 21.6. The number of nitrogens with zero attached hydrogens (tertiary/aromatic N) is 5.